The van der Waals surface area contributed by atoms with Crippen molar-refractivity contribution in [1.82, 2.24) is 9.21 Å². The van der Waals surface area contributed by atoms with Gasteiger partial charge in [0.25, 0.3) is 0 Å². The molecule has 1 unspecified atom stereocenters. The second-order valence-corrected chi connectivity index (χ2v) is 6.25. The quantitative estimate of drug-likeness (QED) is 0.722. The largest absolute Gasteiger partial charge is 0.480 e. The number of likely N-dealkylation sites (N-methyl/N-ethyl adjacent to an activating group) is 2. The van der Waals surface area contributed by atoms with Gasteiger partial charge >= 0.3 is 5.97 Å². The van der Waals surface area contributed by atoms with Crippen molar-refractivity contribution >= 4 is 16.0 Å². The Labute approximate surface area is 95.9 Å². The zero-order valence-corrected chi connectivity index (χ0v) is 10.4. The van der Waals surface area contributed by atoms with E-state index in [9.17, 15) is 13.2 Å². The van der Waals surface area contributed by atoms with E-state index < -0.39 is 21.7 Å². The summed E-state index contributed by atoms with van der Waals surface area (Å²) in [5.41, 5.74) is 0. The summed E-state index contributed by atoms with van der Waals surface area (Å²) in [7, 11) is -0.281. The normalized spacial score (nSPS) is 23.6. The molecule has 1 atom stereocenters. The number of hydrogen-bond donors (Lipinski definition) is 1. The highest BCUT2D eigenvalue weighted by molar-refractivity contribution is 7.89. The number of aliphatic carboxylic acids is 1. The number of hydrogen-bond acceptors (Lipinski definition) is 4. The van der Waals surface area contributed by atoms with Crippen molar-refractivity contribution in [3.8, 4) is 0 Å². The third kappa shape index (κ3) is 3.43. The van der Waals surface area contributed by atoms with Crippen LogP contribution in [0.1, 0.15) is 12.8 Å². The molecule has 0 saturated carbocycles. The topological polar surface area (TPSA) is 77.9 Å². The molecular formula is C9H18N2O4S. The van der Waals surface area contributed by atoms with Crippen LogP contribution in [0.3, 0.4) is 0 Å². The Hall–Kier alpha value is -0.660. The Balaban J connectivity index is 2.69. The van der Waals surface area contributed by atoms with Gasteiger partial charge in [0.15, 0.2) is 5.75 Å². The Morgan fingerprint density at radius 3 is 2.69 bits per heavy atom. The summed E-state index contributed by atoms with van der Waals surface area (Å²) in [4.78, 5) is 12.5. The van der Waals surface area contributed by atoms with Gasteiger partial charge in [0, 0.05) is 19.6 Å². The smallest absolute Gasteiger partial charge is 0.320 e. The van der Waals surface area contributed by atoms with Crippen molar-refractivity contribution in [2.24, 2.45) is 0 Å². The average molecular weight is 250 g/mol. The third-order valence-electron chi connectivity index (χ3n) is 2.86. The van der Waals surface area contributed by atoms with Gasteiger partial charge in [-0.2, -0.15) is 0 Å². The number of nitrogens with zero attached hydrogens (tertiary/aromatic N) is 2. The summed E-state index contributed by atoms with van der Waals surface area (Å²) in [6, 6.07) is -0.108. The molecule has 0 amide bonds. The molecule has 7 heteroatoms. The van der Waals surface area contributed by atoms with Crippen LogP contribution in [0.2, 0.25) is 0 Å². The molecular weight excluding hydrogens is 232 g/mol. The Kier molecular flexibility index (Phi) is 4.28. The van der Waals surface area contributed by atoms with E-state index in [1.165, 1.54) is 11.4 Å². The number of rotatable bonds is 4. The number of carboxylic acid groups (broad SMARTS) is 1. The van der Waals surface area contributed by atoms with Gasteiger partial charge in [-0.25, -0.2) is 12.7 Å². The lowest BCUT2D eigenvalue weighted by atomic mass is 10.1. The van der Waals surface area contributed by atoms with Gasteiger partial charge in [-0.1, -0.05) is 0 Å². The van der Waals surface area contributed by atoms with Crippen LogP contribution in [0.25, 0.3) is 0 Å². The maximum atomic E-state index is 11.7. The van der Waals surface area contributed by atoms with E-state index in [-0.39, 0.29) is 6.04 Å². The maximum Gasteiger partial charge on any atom is 0.320 e. The molecule has 1 aliphatic heterocycles. The van der Waals surface area contributed by atoms with Crippen molar-refractivity contribution in [3.63, 3.8) is 0 Å². The van der Waals surface area contributed by atoms with Gasteiger partial charge in [0.2, 0.25) is 10.0 Å². The molecule has 1 N–H and O–H groups in total. The lowest BCUT2D eigenvalue weighted by Gasteiger charge is -2.34. The molecule has 0 bridgehead atoms. The highest BCUT2D eigenvalue weighted by Crippen LogP contribution is 2.16. The van der Waals surface area contributed by atoms with Gasteiger partial charge in [0.05, 0.1) is 0 Å². The average Bonchev–Trinajstić information content (AvgIpc) is 2.14. The van der Waals surface area contributed by atoms with Crippen LogP contribution in [0.15, 0.2) is 0 Å². The molecule has 0 aliphatic carbocycles. The molecule has 0 spiro atoms. The molecule has 94 valence electrons. The Morgan fingerprint density at radius 1 is 1.56 bits per heavy atom. The van der Waals surface area contributed by atoms with Crippen molar-refractivity contribution in [3.05, 3.63) is 0 Å². The monoisotopic (exact) mass is 250 g/mol. The van der Waals surface area contributed by atoms with E-state index in [0.29, 0.717) is 6.54 Å². The molecule has 1 fully saturated rings. The first kappa shape index (κ1) is 13.4. The molecule has 1 heterocycles. The second-order valence-electron chi connectivity index (χ2n) is 4.22. The molecule has 0 aromatic rings. The fourth-order valence-electron chi connectivity index (χ4n) is 1.92. The molecule has 1 rings (SSSR count). The third-order valence-corrected chi connectivity index (χ3v) is 4.65. The maximum absolute atomic E-state index is 11.7. The van der Waals surface area contributed by atoms with Crippen LogP contribution >= 0.6 is 0 Å². The summed E-state index contributed by atoms with van der Waals surface area (Å²) in [5.74, 6) is -2.14. The van der Waals surface area contributed by atoms with Crippen LogP contribution in [0.4, 0.5) is 0 Å². The SMILES string of the molecule is CN1CCCC(N(C)S(=O)(=O)CC(=O)O)C1. The van der Waals surface area contributed by atoms with Crippen molar-refractivity contribution in [2.75, 3.05) is 32.9 Å². The highest BCUT2D eigenvalue weighted by Gasteiger charge is 2.30. The first-order chi connectivity index (χ1) is 7.33. The minimum Gasteiger partial charge on any atom is -0.480 e. The van der Waals surface area contributed by atoms with Gasteiger partial charge in [-0.15, -0.1) is 0 Å². The van der Waals surface area contributed by atoms with E-state index in [1.807, 2.05) is 7.05 Å². The second kappa shape index (κ2) is 5.11. The molecule has 1 aliphatic rings. The van der Waals surface area contributed by atoms with E-state index in [4.69, 9.17) is 5.11 Å². The first-order valence-electron chi connectivity index (χ1n) is 5.19. The van der Waals surface area contributed by atoms with Crippen molar-refractivity contribution < 1.29 is 18.3 Å². The predicted octanol–water partition coefficient (Wildman–Crippen LogP) is -0.573. The lowest BCUT2D eigenvalue weighted by Crippen LogP contribution is -2.48. The van der Waals surface area contributed by atoms with Crippen LogP contribution in [-0.2, 0) is 14.8 Å². The molecule has 0 radical (unpaired) electrons. The minimum atomic E-state index is -3.68. The zero-order valence-electron chi connectivity index (χ0n) is 9.59. The van der Waals surface area contributed by atoms with Crippen LogP contribution < -0.4 is 0 Å². The van der Waals surface area contributed by atoms with Crippen molar-refractivity contribution in [1.29, 1.82) is 0 Å². The summed E-state index contributed by atoms with van der Waals surface area (Å²) >= 11 is 0. The number of piperidine rings is 1. The van der Waals surface area contributed by atoms with E-state index >= 15 is 0 Å². The molecule has 1 saturated heterocycles. The molecule has 0 aromatic carbocycles. The van der Waals surface area contributed by atoms with Gasteiger partial charge in [0.1, 0.15) is 0 Å². The Morgan fingerprint density at radius 2 is 2.19 bits per heavy atom. The van der Waals surface area contributed by atoms with Gasteiger partial charge in [-0.05, 0) is 26.4 Å². The highest BCUT2D eigenvalue weighted by atomic mass is 32.2. The minimum absolute atomic E-state index is 0.108. The van der Waals surface area contributed by atoms with E-state index in [0.717, 1.165) is 19.4 Å². The van der Waals surface area contributed by atoms with Gasteiger partial charge < -0.3 is 10.0 Å². The summed E-state index contributed by atoms with van der Waals surface area (Å²) in [6.45, 7) is 1.62. The number of likely N-dealkylation sites (tertiary alicyclic amines) is 1. The fraction of sp³-hybridized carbons (Fsp3) is 0.889. The summed E-state index contributed by atoms with van der Waals surface area (Å²) < 4.78 is 24.6. The van der Waals surface area contributed by atoms with Crippen LogP contribution in [0, 0.1) is 0 Å². The molecule has 16 heavy (non-hydrogen) atoms. The first-order valence-corrected chi connectivity index (χ1v) is 6.80. The summed E-state index contributed by atoms with van der Waals surface area (Å²) in [5, 5.41) is 8.53. The van der Waals surface area contributed by atoms with E-state index in [1.54, 1.807) is 0 Å². The number of carbonyl (C=O) groups is 1. The Bertz CT molecular complexity index is 355. The number of sulfonamides is 1. The molecule has 0 aromatic heterocycles. The zero-order chi connectivity index (χ0) is 12.3. The van der Waals surface area contributed by atoms with E-state index in [2.05, 4.69) is 4.90 Å². The van der Waals surface area contributed by atoms with Crippen molar-refractivity contribution in [2.45, 2.75) is 18.9 Å². The van der Waals surface area contributed by atoms with Crippen LogP contribution in [-0.4, -0.2) is 67.7 Å². The van der Waals surface area contributed by atoms with Crippen LogP contribution in [0.5, 0.6) is 0 Å². The van der Waals surface area contributed by atoms with Gasteiger partial charge in [-0.3, -0.25) is 4.79 Å². The number of carboxylic acids is 1. The fourth-order valence-corrected chi connectivity index (χ4v) is 3.06. The summed E-state index contributed by atoms with van der Waals surface area (Å²) in [6.07, 6.45) is 1.73. The lowest BCUT2D eigenvalue weighted by molar-refractivity contribution is -0.134. The molecule has 6 nitrogen and oxygen atoms in total. The standard InChI is InChI=1S/C9H18N2O4S/c1-10-5-3-4-8(6-10)11(2)16(14,15)7-9(12)13/h8H,3-7H2,1-2H3,(H,12,13). The predicted molar refractivity (Wildman–Crippen MR) is 59.7 cm³/mol.